The van der Waals surface area contributed by atoms with Crippen molar-refractivity contribution in [3.63, 3.8) is 0 Å². The normalized spacial score (nSPS) is 9.58. The summed E-state index contributed by atoms with van der Waals surface area (Å²) in [5, 5.41) is 2.26. The number of rotatable bonds is 4. The molecule has 0 aliphatic heterocycles. The highest BCUT2D eigenvalue weighted by Crippen LogP contribution is 2.22. The highest BCUT2D eigenvalue weighted by Gasteiger charge is 2.18. The third-order valence-electron chi connectivity index (χ3n) is 2.20. The largest absolute Gasteiger partial charge is 0.497 e. The number of benzene rings is 1. The highest BCUT2D eigenvalue weighted by atomic mass is 16.5. The fourth-order valence-corrected chi connectivity index (χ4v) is 1.34. The molecule has 7 heteroatoms. The van der Waals surface area contributed by atoms with E-state index in [2.05, 4.69) is 10.1 Å². The van der Waals surface area contributed by atoms with Crippen LogP contribution in [0.15, 0.2) is 18.2 Å². The SMILES string of the molecule is CCOC(=O)C(=O)Nc1cc(OC)ccc1C(N)=O. The lowest BCUT2D eigenvalue weighted by Crippen LogP contribution is -2.26. The molecule has 2 amide bonds. The van der Waals surface area contributed by atoms with Crippen molar-refractivity contribution in [1.29, 1.82) is 0 Å². The van der Waals surface area contributed by atoms with E-state index in [1.54, 1.807) is 6.92 Å². The molecule has 7 nitrogen and oxygen atoms in total. The van der Waals surface area contributed by atoms with Gasteiger partial charge in [-0.3, -0.25) is 9.59 Å². The summed E-state index contributed by atoms with van der Waals surface area (Å²) in [6.45, 7) is 1.65. The Morgan fingerprint density at radius 1 is 1.32 bits per heavy atom. The predicted octanol–water partition coefficient (Wildman–Crippen LogP) is 0.296. The van der Waals surface area contributed by atoms with E-state index in [0.29, 0.717) is 5.75 Å². The van der Waals surface area contributed by atoms with Crippen molar-refractivity contribution < 1.29 is 23.9 Å². The standard InChI is InChI=1S/C12H14N2O5/c1-3-19-12(17)11(16)14-9-6-7(18-2)4-5-8(9)10(13)15/h4-6H,3H2,1-2H3,(H2,13,15)(H,14,16). The number of primary amides is 1. The van der Waals surface area contributed by atoms with Crippen molar-refractivity contribution >= 4 is 23.5 Å². The van der Waals surface area contributed by atoms with E-state index < -0.39 is 17.8 Å². The van der Waals surface area contributed by atoms with E-state index in [0.717, 1.165) is 0 Å². The number of esters is 1. The van der Waals surface area contributed by atoms with E-state index in [1.807, 2.05) is 0 Å². The summed E-state index contributed by atoms with van der Waals surface area (Å²) >= 11 is 0. The maximum Gasteiger partial charge on any atom is 0.397 e. The van der Waals surface area contributed by atoms with Crippen molar-refractivity contribution in [3.05, 3.63) is 23.8 Å². The lowest BCUT2D eigenvalue weighted by molar-refractivity contribution is -0.152. The fourth-order valence-electron chi connectivity index (χ4n) is 1.34. The first-order valence-electron chi connectivity index (χ1n) is 5.45. The Hall–Kier alpha value is -2.57. The van der Waals surface area contributed by atoms with Crippen LogP contribution in [-0.4, -0.2) is 31.5 Å². The third-order valence-corrected chi connectivity index (χ3v) is 2.20. The molecule has 0 atom stereocenters. The molecule has 0 saturated carbocycles. The Kier molecular flexibility index (Phi) is 4.87. The van der Waals surface area contributed by atoms with E-state index in [-0.39, 0.29) is 17.9 Å². The second-order valence-electron chi connectivity index (χ2n) is 3.45. The summed E-state index contributed by atoms with van der Waals surface area (Å²) in [5.41, 5.74) is 5.33. The molecule has 0 aliphatic rings. The van der Waals surface area contributed by atoms with Gasteiger partial charge in [-0.15, -0.1) is 0 Å². The third kappa shape index (κ3) is 3.70. The minimum atomic E-state index is -1.04. The summed E-state index contributed by atoms with van der Waals surface area (Å²) in [6, 6.07) is 4.29. The van der Waals surface area contributed by atoms with Gasteiger partial charge in [-0.1, -0.05) is 0 Å². The maximum absolute atomic E-state index is 11.5. The number of carbonyl (C=O) groups excluding carboxylic acids is 3. The van der Waals surface area contributed by atoms with Crippen LogP contribution < -0.4 is 15.8 Å². The van der Waals surface area contributed by atoms with Gasteiger partial charge in [-0.25, -0.2) is 4.79 Å². The molecule has 102 valence electrons. The first kappa shape index (κ1) is 14.5. The molecular formula is C12H14N2O5. The van der Waals surface area contributed by atoms with Gasteiger partial charge in [-0.05, 0) is 19.1 Å². The van der Waals surface area contributed by atoms with Gasteiger partial charge < -0.3 is 20.5 Å². The Bertz CT molecular complexity index is 513. The Morgan fingerprint density at radius 3 is 2.53 bits per heavy atom. The molecule has 0 radical (unpaired) electrons. The van der Waals surface area contributed by atoms with E-state index in [9.17, 15) is 14.4 Å². The summed E-state index contributed by atoms with van der Waals surface area (Å²) in [4.78, 5) is 33.9. The minimum Gasteiger partial charge on any atom is -0.497 e. The lowest BCUT2D eigenvalue weighted by Gasteiger charge is -2.10. The summed E-state index contributed by atoms with van der Waals surface area (Å²) in [5.74, 6) is -2.36. The minimum absolute atomic E-state index is 0.0680. The molecule has 0 saturated heterocycles. The molecule has 0 aromatic heterocycles. The van der Waals surface area contributed by atoms with Gasteiger partial charge in [0.1, 0.15) is 5.75 Å². The quantitative estimate of drug-likeness (QED) is 0.601. The van der Waals surface area contributed by atoms with Crippen molar-refractivity contribution in [2.75, 3.05) is 19.0 Å². The summed E-state index contributed by atoms with van der Waals surface area (Å²) in [6.07, 6.45) is 0. The van der Waals surface area contributed by atoms with Gasteiger partial charge in [0.25, 0.3) is 5.91 Å². The van der Waals surface area contributed by atoms with Gasteiger partial charge in [0.2, 0.25) is 0 Å². The average Bonchev–Trinajstić information content (AvgIpc) is 2.38. The molecule has 0 aliphatic carbocycles. The number of ether oxygens (including phenoxy) is 2. The van der Waals surface area contributed by atoms with E-state index >= 15 is 0 Å². The first-order valence-corrected chi connectivity index (χ1v) is 5.45. The van der Waals surface area contributed by atoms with Crippen molar-refractivity contribution in [3.8, 4) is 5.75 Å². The van der Waals surface area contributed by atoms with Crippen molar-refractivity contribution in [2.45, 2.75) is 6.92 Å². The molecule has 0 spiro atoms. The first-order chi connectivity index (χ1) is 8.99. The van der Waals surface area contributed by atoms with Crippen LogP contribution in [0.5, 0.6) is 5.75 Å². The zero-order valence-corrected chi connectivity index (χ0v) is 10.6. The van der Waals surface area contributed by atoms with Crippen molar-refractivity contribution in [2.24, 2.45) is 5.73 Å². The summed E-state index contributed by atoms with van der Waals surface area (Å²) in [7, 11) is 1.43. The monoisotopic (exact) mass is 266 g/mol. The van der Waals surface area contributed by atoms with Gasteiger partial charge >= 0.3 is 11.9 Å². The van der Waals surface area contributed by atoms with Gasteiger partial charge in [-0.2, -0.15) is 0 Å². The maximum atomic E-state index is 11.5. The van der Waals surface area contributed by atoms with Gasteiger partial charge in [0.05, 0.1) is 25.0 Å². The smallest absolute Gasteiger partial charge is 0.397 e. The van der Waals surface area contributed by atoms with Gasteiger partial charge in [0.15, 0.2) is 0 Å². The molecule has 3 N–H and O–H groups in total. The van der Waals surface area contributed by atoms with E-state index in [1.165, 1.54) is 25.3 Å². The molecule has 0 unspecified atom stereocenters. The molecule has 1 aromatic carbocycles. The van der Waals surface area contributed by atoms with Crippen molar-refractivity contribution in [1.82, 2.24) is 0 Å². The van der Waals surface area contributed by atoms with Gasteiger partial charge in [0, 0.05) is 6.07 Å². The van der Waals surface area contributed by atoms with Crippen LogP contribution >= 0.6 is 0 Å². The molecule has 19 heavy (non-hydrogen) atoms. The van der Waals surface area contributed by atoms with Crippen LogP contribution in [0.4, 0.5) is 5.69 Å². The van der Waals surface area contributed by atoms with Crippen LogP contribution in [0.25, 0.3) is 0 Å². The van der Waals surface area contributed by atoms with Crippen LogP contribution in [0, 0.1) is 0 Å². The number of nitrogens with one attached hydrogen (secondary N) is 1. The van der Waals surface area contributed by atoms with Crippen LogP contribution in [0.1, 0.15) is 17.3 Å². The predicted molar refractivity (Wildman–Crippen MR) is 66.8 cm³/mol. The number of carbonyl (C=O) groups is 3. The van der Waals surface area contributed by atoms with Crippen LogP contribution in [-0.2, 0) is 14.3 Å². The zero-order chi connectivity index (χ0) is 14.4. The number of hydrogen-bond acceptors (Lipinski definition) is 5. The number of methoxy groups -OCH3 is 1. The number of anilines is 1. The molecule has 0 bridgehead atoms. The Balaban J connectivity index is 3.00. The Labute approximate surface area is 109 Å². The number of nitrogens with two attached hydrogens (primary N) is 1. The zero-order valence-electron chi connectivity index (χ0n) is 10.6. The molecule has 0 fully saturated rings. The van der Waals surface area contributed by atoms with Crippen LogP contribution in [0.2, 0.25) is 0 Å². The lowest BCUT2D eigenvalue weighted by atomic mass is 10.1. The molecular weight excluding hydrogens is 252 g/mol. The summed E-state index contributed by atoms with van der Waals surface area (Å²) < 4.78 is 9.49. The molecule has 1 aromatic rings. The average molecular weight is 266 g/mol. The van der Waals surface area contributed by atoms with E-state index in [4.69, 9.17) is 10.5 Å². The topological polar surface area (TPSA) is 108 Å². The number of amides is 2. The van der Waals surface area contributed by atoms with Crippen LogP contribution in [0.3, 0.4) is 0 Å². The molecule has 0 heterocycles. The number of hydrogen-bond donors (Lipinski definition) is 2. The molecule has 1 rings (SSSR count). The second-order valence-corrected chi connectivity index (χ2v) is 3.45. The Morgan fingerprint density at radius 2 is 2.00 bits per heavy atom. The second kappa shape index (κ2) is 6.39. The highest BCUT2D eigenvalue weighted by molar-refractivity contribution is 6.37. The fraction of sp³-hybridized carbons (Fsp3) is 0.250.